The molecular formula is C17H16INO4. The van der Waals surface area contributed by atoms with E-state index in [0.29, 0.717) is 11.3 Å². The molecule has 0 aliphatic heterocycles. The number of hydrogen-bond acceptors (Lipinski definition) is 4. The molecule has 0 spiro atoms. The number of carbonyl (C=O) groups excluding carboxylic acids is 1. The summed E-state index contributed by atoms with van der Waals surface area (Å²) in [5.74, 6) is 0.129. The van der Waals surface area contributed by atoms with Gasteiger partial charge in [0.2, 0.25) is 6.54 Å². The molecule has 2 aromatic carbocycles. The summed E-state index contributed by atoms with van der Waals surface area (Å²) in [5.41, 5.74) is 1.34. The average molecular weight is 425 g/mol. The van der Waals surface area contributed by atoms with Gasteiger partial charge in [-0.2, -0.15) is 0 Å². The van der Waals surface area contributed by atoms with Crippen LogP contribution in [0.5, 0.6) is 5.75 Å². The molecule has 1 atom stereocenters. The minimum Gasteiger partial charge on any atom is -0.497 e. The fourth-order valence-electron chi connectivity index (χ4n) is 2.32. The quantitative estimate of drug-likeness (QED) is 0.292. The first-order valence-electron chi connectivity index (χ1n) is 7.04. The molecule has 120 valence electrons. The summed E-state index contributed by atoms with van der Waals surface area (Å²) in [4.78, 5) is 23.0. The molecule has 0 saturated carbocycles. The molecule has 6 heteroatoms. The Morgan fingerprint density at radius 1 is 1.17 bits per heavy atom. The molecule has 5 nitrogen and oxygen atoms in total. The number of halogens is 1. The van der Waals surface area contributed by atoms with Gasteiger partial charge in [-0.1, -0.05) is 24.3 Å². The van der Waals surface area contributed by atoms with Crippen molar-refractivity contribution < 1.29 is 14.5 Å². The van der Waals surface area contributed by atoms with Crippen LogP contribution in [0.4, 0.5) is 0 Å². The lowest BCUT2D eigenvalue weighted by atomic mass is 9.91. The molecule has 0 bridgehead atoms. The Morgan fingerprint density at radius 3 is 2.30 bits per heavy atom. The number of hydrogen-bond donors (Lipinski definition) is 0. The Balaban J connectivity index is 2.18. The number of rotatable bonds is 7. The molecule has 2 aromatic rings. The number of ketones is 1. The zero-order valence-electron chi connectivity index (χ0n) is 12.6. The molecule has 0 aromatic heterocycles. The maximum Gasteiger partial charge on any atom is 0.211 e. The van der Waals surface area contributed by atoms with Gasteiger partial charge in [0.05, 0.1) is 13.0 Å². The van der Waals surface area contributed by atoms with Gasteiger partial charge in [-0.3, -0.25) is 14.9 Å². The van der Waals surface area contributed by atoms with Gasteiger partial charge in [-0.25, -0.2) is 0 Å². The standard InChI is InChI=1S/C17H16INO4/c1-23-16-8-4-12(5-9-16)14(11-19(21)22)10-17(20)13-2-6-15(18)7-3-13/h2-9,14H,10-11H2,1H3. The third-order valence-corrected chi connectivity index (χ3v) is 4.27. The number of nitrogens with zero attached hydrogens (tertiary/aromatic N) is 1. The highest BCUT2D eigenvalue weighted by molar-refractivity contribution is 14.1. The predicted molar refractivity (Wildman–Crippen MR) is 95.7 cm³/mol. The molecule has 2 rings (SSSR count). The normalized spacial score (nSPS) is 11.7. The van der Waals surface area contributed by atoms with Gasteiger partial charge in [0.1, 0.15) is 5.75 Å². The Kier molecular flexibility index (Phi) is 6.09. The van der Waals surface area contributed by atoms with Crippen LogP contribution < -0.4 is 4.74 Å². The second-order valence-corrected chi connectivity index (χ2v) is 6.37. The molecule has 0 radical (unpaired) electrons. The van der Waals surface area contributed by atoms with Gasteiger partial charge in [-0.05, 0) is 52.4 Å². The van der Waals surface area contributed by atoms with Gasteiger partial charge in [-0.15, -0.1) is 0 Å². The number of methoxy groups -OCH3 is 1. The maximum absolute atomic E-state index is 12.4. The second kappa shape index (κ2) is 8.05. The van der Waals surface area contributed by atoms with E-state index in [1.807, 2.05) is 12.1 Å². The maximum atomic E-state index is 12.4. The van der Waals surface area contributed by atoms with E-state index in [0.717, 1.165) is 9.13 Å². The predicted octanol–water partition coefficient (Wildman–Crippen LogP) is 3.93. The summed E-state index contributed by atoms with van der Waals surface area (Å²) in [7, 11) is 1.56. The van der Waals surface area contributed by atoms with Crippen molar-refractivity contribution in [1.82, 2.24) is 0 Å². The smallest absolute Gasteiger partial charge is 0.211 e. The van der Waals surface area contributed by atoms with Crippen LogP contribution in [0.1, 0.15) is 28.3 Å². The van der Waals surface area contributed by atoms with E-state index >= 15 is 0 Å². The molecular weight excluding hydrogens is 409 g/mol. The fourth-order valence-corrected chi connectivity index (χ4v) is 2.68. The molecule has 0 aliphatic rings. The van der Waals surface area contributed by atoms with Crippen molar-refractivity contribution in [1.29, 1.82) is 0 Å². The highest BCUT2D eigenvalue weighted by atomic mass is 127. The summed E-state index contributed by atoms with van der Waals surface area (Å²) >= 11 is 2.16. The van der Waals surface area contributed by atoms with E-state index in [1.54, 1.807) is 43.5 Å². The summed E-state index contributed by atoms with van der Waals surface area (Å²) in [6.07, 6.45) is 0.105. The molecule has 0 N–H and O–H groups in total. The van der Waals surface area contributed by atoms with Crippen LogP contribution in [0.2, 0.25) is 0 Å². The SMILES string of the molecule is COc1ccc(C(CC(=O)c2ccc(I)cc2)C[N+](=O)[O-])cc1. The lowest BCUT2D eigenvalue weighted by molar-refractivity contribution is -0.483. The zero-order chi connectivity index (χ0) is 16.8. The van der Waals surface area contributed by atoms with Crippen LogP contribution in [-0.2, 0) is 0 Å². The molecule has 1 unspecified atom stereocenters. The second-order valence-electron chi connectivity index (χ2n) is 5.12. The molecule has 0 aliphatic carbocycles. The largest absolute Gasteiger partial charge is 0.497 e. The van der Waals surface area contributed by atoms with Crippen LogP contribution in [-0.4, -0.2) is 24.4 Å². The first-order chi connectivity index (χ1) is 11.0. The highest BCUT2D eigenvalue weighted by Crippen LogP contribution is 2.24. The van der Waals surface area contributed by atoms with Crippen molar-refractivity contribution in [2.75, 3.05) is 13.7 Å². The van der Waals surface area contributed by atoms with Gasteiger partial charge < -0.3 is 4.74 Å². The Morgan fingerprint density at radius 2 is 1.78 bits per heavy atom. The zero-order valence-corrected chi connectivity index (χ0v) is 14.7. The number of nitro groups is 1. The van der Waals surface area contributed by atoms with E-state index in [4.69, 9.17) is 4.74 Å². The van der Waals surface area contributed by atoms with Gasteiger partial charge in [0, 0.05) is 20.5 Å². The fraction of sp³-hybridized carbons (Fsp3) is 0.235. The monoisotopic (exact) mass is 425 g/mol. The van der Waals surface area contributed by atoms with E-state index < -0.39 is 5.92 Å². The lowest BCUT2D eigenvalue weighted by Crippen LogP contribution is -2.16. The van der Waals surface area contributed by atoms with Crippen LogP contribution in [0.15, 0.2) is 48.5 Å². The van der Waals surface area contributed by atoms with Crippen molar-refractivity contribution in [2.24, 2.45) is 0 Å². The minimum atomic E-state index is -0.456. The van der Waals surface area contributed by atoms with Crippen molar-refractivity contribution in [3.8, 4) is 5.75 Å². The summed E-state index contributed by atoms with van der Waals surface area (Å²) < 4.78 is 6.13. The van der Waals surface area contributed by atoms with E-state index in [2.05, 4.69) is 22.6 Å². The summed E-state index contributed by atoms with van der Waals surface area (Å²) in [6, 6.07) is 14.2. The van der Waals surface area contributed by atoms with Gasteiger partial charge in [0.25, 0.3) is 0 Å². The van der Waals surface area contributed by atoms with Gasteiger partial charge in [0.15, 0.2) is 5.78 Å². The van der Waals surface area contributed by atoms with Crippen molar-refractivity contribution in [3.63, 3.8) is 0 Å². The van der Waals surface area contributed by atoms with Crippen molar-refractivity contribution >= 4 is 28.4 Å². The Hall–Kier alpha value is -1.96. The highest BCUT2D eigenvalue weighted by Gasteiger charge is 2.22. The third-order valence-electron chi connectivity index (χ3n) is 3.55. The number of carbonyl (C=O) groups is 1. The molecule has 0 heterocycles. The van der Waals surface area contributed by atoms with E-state index in [1.165, 1.54) is 0 Å². The number of benzene rings is 2. The number of Topliss-reactive ketones (excluding diaryl/α,β-unsaturated/α-hetero) is 1. The number of ether oxygens (including phenoxy) is 1. The topological polar surface area (TPSA) is 69.4 Å². The molecule has 0 amide bonds. The van der Waals surface area contributed by atoms with Gasteiger partial charge >= 0.3 is 0 Å². The lowest BCUT2D eigenvalue weighted by Gasteiger charge is -2.13. The Bertz CT molecular complexity index is 683. The third kappa shape index (κ3) is 5.02. The van der Waals surface area contributed by atoms with Crippen molar-refractivity contribution in [2.45, 2.75) is 12.3 Å². The Labute approximate surface area is 148 Å². The van der Waals surface area contributed by atoms with Crippen LogP contribution in [0, 0.1) is 13.7 Å². The molecule has 0 saturated heterocycles. The molecule has 23 heavy (non-hydrogen) atoms. The minimum absolute atomic E-state index is 0.0935. The van der Waals surface area contributed by atoms with Crippen LogP contribution >= 0.6 is 22.6 Å². The average Bonchev–Trinajstić information content (AvgIpc) is 2.54. The van der Waals surface area contributed by atoms with E-state index in [-0.39, 0.29) is 23.7 Å². The first-order valence-corrected chi connectivity index (χ1v) is 8.12. The van der Waals surface area contributed by atoms with Crippen LogP contribution in [0.25, 0.3) is 0 Å². The molecule has 0 fully saturated rings. The first kappa shape index (κ1) is 17.4. The summed E-state index contributed by atoms with van der Waals surface area (Å²) in [5, 5.41) is 10.9. The van der Waals surface area contributed by atoms with Crippen LogP contribution in [0.3, 0.4) is 0 Å². The van der Waals surface area contributed by atoms with Crippen molar-refractivity contribution in [3.05, 3.63) is 73.3 Å². The van der Waals surface area contributed by atoms with E-state index in [9.17, 15) is 14.9 Å². The summed E-state index contributed by atoms with van der Waals surface area (Å²) in [6.45, 7) is -0.275.